The lowest BCUT2D eigenvalue weighted by Crippen LogP contribution is -2.36. The van der Waals surface area contributed by atoms with Crippen LogP contribution >= 0.6 is 11.6 Å². The van der Waals surface area contributed by atoms with E-state index in [2.05, 4.69) is 12.1 Å². The van der Waals surface area contributed by atoms with Gasteiger partial charge in [0, 0.05) is 5.56 Å². The molecule has 4 heteroatoms. The normalized spacial score (nSPS) is 29.7. The molecular weight excluding hydrogens is 300 g/mol. The van der Waals surface area contributed by atoms with Crippen molar-refractivity contribution in [1.82, 2.24) is 0 Å². The van der Waals surface area contributed by atoms with Crippen molar-refractivity contribution >= 4 is 22.4 Å². The number of methoxy groups -OCH3 is 1. The first kappa shape index (κ1) is 15.6. The third-order valence-electron chi connectivity index (χ3n) is 4.36. The Balaban J connectivity index is 2.08. The molecule has 2 aromatic rings. The molecule has 1 aliphatic heterocycles. The average molecular weight is 321 g/mol. The monoisotopic (exact) mass is 320 g/mol. The predicted molar refractivity (Wildman–Crippen MR) is 88.6 cm³/mol. The SMILES string of the molecule is COc1ccc2cc(C3([C@H](C)Cl)OC(C)C(C)O3)ccc2c1. The molecule has 3 atom stereocenters. The summed E-state index contributed by atoms with van der Waals surface area (Å²) in [5.74, 6) is -0.0506. The zero-order valence-electron chi connectivity index (χ0n) is 13.3. The Morgan fingerprint density at radius 2 is 1.64 bits per heavy atom. The van der Waals surface area contributed by atoms with Gasteiger partial charge in [0.15, 0.2) is 0 Å². The summed E-state index contributed by atoms with van der Waals surface area (Å²) >= 11 is 6.43. The van der Waals surface area contributed by atoms with Crippen molar-refractivity contribution in [2.24, 2.45) is 0 Å². The van der Waals surface area contributed by atoms with Crippen LogP contribution in [0.1, 0.15) is 26.3 Å². The number of ether oxygens (including phenoxy) is 3. The van der Waals surface area contributed by atoms with Crippen molar-refractivity contribution in [3.8, 4) is 5.75 Å². The van der Waals surface area contributed by atoms with Gasteiger partial charge < -0.3 is 14.2 Å². The second kappa shape index (κ2) is 5.73. The van der Waals surface area contributed by atoms with Crippen LogP contribution in [0.3, 0.4) is 0 Å². The molecule has 0 saturated carbocycles. The van der Waals surface area contributed by atoms with Gasteiger partial charge in [-0.2, -0.15) is 0 Å². The Kier molecular flexibility index (Phi) is 4.06. The van der Waals surface area contributed by atoms with Crippen LogP contribution in [0.4, 0.5) is 0 Å². The Bertz CT molecular complexity index is 673. The Morgan fingerprint density at radius 1 is 1.05 bits per heavy atom. The number of halogens is 1. The van der Waals surface area contributed by atoms with Crippen molar-refractivity contribution in [2.45, 2.75) is 44.1 Å². The summed E-state index contributed by atoms with van der Waals surface area (Å²) < 4.78 is 17.5. The molecule has 1 aliphatic rings. The van der Waals surface area contributed by atoms with E-state index in [1.807, 2.05) is 45.0 Å². The summed E-state index contributed by atoms with van der Waals surface area (Å²) in [6.07, 6.45) is 0.0144. The van der Waals surface area contributed by atoms with Crippen molar-refractivity contribution in [2.75, 3.05) is 7.11 Å². The van der Waals surface area contributed by atoms with Gasteiger partial charge in [-0.3, -0.25) is 0 Å². The smallest absolute Gasteiger partial charge is 0.212 e. The van der Waals surface area contributed by atoms with Crippen molar-refractivity contribution in [3.63, 3.8) is 0 Å². The van der Waals surface area contributed by atoms with E-state index in [0.717, 1.165) is 22.1 Å². The summed E-state index contributed by atoms with van der Waals surface area (Å²) in [4.78, 5) is 0. The summed E-state index contributed by atoms with van der Waals surface area (Å²) in [5.41, 5.74) is 0.948. The lowest BCUT2D eigenvalue weighted by atomic mass is 9.98. The zero-order valence-corrected chi connectivity index (χ0v) is 14.1. The van der Waals surface area contributed by atoms with Crippen LogP contribution in [0, 0.1) is 0 Å². The number of hydrogen-bond acceptors (Lipinski definition) is 3. The maximum atomic E-state index is 6.43. The van der Waals surface area contributed by atoms with Crippen molar-refractivity contribution in [3.05, 3.63) is 42.0 Å². The highest BCUT2D eigenvalue weighted by Gasteiger charge is 2.49. The minimum absolute atomic E-state index is 0.00719. The highest BCUT2D eigenvalue weighted by molar-refractivity contribution is 6.21. The second-order valence-corrected chi connectivity index (χ2v) is 6.51. The van der Waals surface area contributed by atoms with E-state index in [4.69, 9.17) is 25.8 Å². The van der Waals surface area contributed by atoms with Crippen molar-refractivity contribution in [1.29, 1.82) is 0 Å². The maximum Gasteiger partial charge on any atom is 0.212 e. The number of hydrogen-bond donors (Lipinski definition) is 0. The number of fused-ring (bicyclic) bond motifs is 1. The van der Waals surface area contributed by atoms with Crippen LogP contribution in [0.25, 0.3) is 10.8 Å². The van der Waals surface area contributed by atoms with Crippen LogP contribution in [-0.4, -0.2) is 24.7 Å². The summed E-state index contributed by atoms with van der Waals surface area (Å²) in [6, 6.07) is 12.1. The minimum Gasteiger partial charge on any atom is -0.497 e. The van der Waals surface area contributed by atoms with Gasteiger partial charge in [0.05, 0.1) is 24.7 Å². The van der Waals surface area contributed by atoms with E-state index in [9.17, 15) is 0 Å². The van der Waals surface area contributed by atoms with Gasteiger partial charge in [-0.25, -0.2) is 0 Å². The van der Waals surface area contributed by atoms with Crippen LogP contribution in [0.2, 0.25) is 0 Å². The maximum absolute atomic E-state index is 6.43. The summed E-state index contributed by atoms with van der Waals surface area (Å²) in [7, 11) is 1.67. The van der Waals surface area contributed by atoms with E-state index in [0.29, 0.717) is 0 Å². The van der Waals surface area contributed by atoms with E-state index in [1.54, 1.807) is 7.11 Å². The molecule has 0 N–H and O–H groups in total. The van der Waals surface area contributed by atoms with Crippen LogP contribution < -0.4 is 4.74 Å². The van der Waals surface area contributed by atoms with Gasteiger partial charge in [0.25, 0.3) is 0 Å². The highest BCUT2D eigenvalue weighted by atomic mass is 35.5. The van der Waals surface area contributed by atoms with Crippen LogP contribution in [-0.2, 0) is 15.3 Å². The van der Waals surface area contributed by atoms with Gasteiger partial charge in [0.2, 0.25) is 5.79 Å². The zero-order chi connectivity index (χ0) is 15.9. The average Bonchev–Trinajstić information content (AvgIpc) is 2.83. The van der Waals surface area contributed by atoms with Crippen molar-refractivity contribution < 1.29 is 14.2 Å². The first-order valence-electron chi connectivity index (χ1n) is 7.54. The molecule has 2 unspecified atom stereocenters. The molecule has 118 valence electrons. The summed E-state index contributed by atoms with van der Waals surface area (Å²) in [6.45, 7) is 5.93. The highest BCUT2D eigenvalue weighted by Crippen LogP contribution is 2.43. The van der Waals surface area contributed by atoms with Gasteiger partial charge in [-0.05, 0) is 49.7 Å². The Morgan fingerprint density at radius 3 is 2.23 bits per heavy atom. The molecule has 0 amide bonds. The molecule has 1 fully saturated rings. The number of alkyl halides is 1. The van der Waals surface area contributed by atoms with Gasteiger partial charge in [-0.15, -0.1) is 11.6 Å². The molecule has 22 heavy (non-hydrogen) atoms. The topological polar surface area (TPSA) is 27.7 Å². The molecule has 1 heterocycles. The molecule has 0 spiro atoms. The molecule has 0 aliphatic carbocycles. The molecule has 2 aromatic carbocycles. The lowest BCUT2D eigenvalue weighted by molar-refractivity contribution is -0.180. The van der Waals surface area contributed by atoms with Crippen LogP contribution in [0.15, 0.2) is 36.4 Å². The summed E-state index contributed by atoms with van der Waals surface area (Å²) in [5, 5.41) is 1.92. The van der Waals surface area contributed by atoms with Gasteiger partial charge in [0.1, 0.15) is 5.75 Å². The third-order valence-corrected chi connectivity index (χ3v) is 4.64. The quantitative estimate of drug-likeness (QED) is 0.782. The second-order valence-electron chi connectivity index (χ2n) is 5.86. The molecule has 0 aromatic heterocycles. The van der Waals surface area contributed by atoms with Gasteiger partial charge in [-0.1, -0.05) is 18.2 Å². The molecule has 0 bridgehead atoms. The predicted octanol–water partition coefficient (Wildman–Crippen LogP) is 4.45. The Labute approximate surface area is 136 Å². The number of rotatable bonds is 3. The molecule has 0 radical (unpaired) electrons. The Hall–Kier alpha value is -1.29. The fraction of sp³-hybridized carbons (Fsp3) is 0.444. The minimum atomic E-state index is -0.894. The fourth-order valence-electron chi connectivity index (χ4n) is 2.89. The first-order valence-corrected chi connectivity index (χ1v) is 7.98. The molecule has 3 nitrogen and oxygen atoms in total. The van der Waals surface area contributed by atoms with E-state index in [1.165, 1.54) is 0 Å². The number of benzene rings is 2. The first-order chi connectivity index (χ1) is 10.5. The standard InChI is InChI=1S/C18H21ClO3/c1-11-12(2)22-18(21-11,13(3)19)16-7-5-15-10-17(20-4)8-6-14(15)9-16/h5-13H,1-4H3/t11?,12?,13-,18?/m0/s1. The van der Waals surface area contributed by atoms with E-state index < -0.39 is 5.79 Å². The molecular formula is C18H21ClO3. The largest absolute Gasteiger partial charge is 0.497 e. The molecule has 1 saturated heterocycles. The van der Waals surface area contributed by atoms with Gasteiger partial charge >= 0.3 is 0 Å². The van der Waals surface area contributed by atoms with E-state index in [-0.39, 0.29) is 17.6 Å². The third kappa shape index (κ3) is 2.47. The fourth-order valence-corrected chi connectivity index (χ4v) is 3.12. The lowest BCUT2D eigenvalue weighted by Gasteiger charge is -2.31. The molecule has 3 rings (SSSR count). The van der Waals surface area contributed by atoms with E-state index >= 15 is 0 Å². The van der Waals surface area contributed by atoms with Crippen LogP contribution in [0.5, 0.6) is 5.75 Å².